The summed E-state index contributed by atoms with van der Waals surface area (Å²) in [6, 6.07) is -0.202. The van der Waals surface area contributed by atoms with E-state index in [0.29, 0.717) is 12.5 Å². The Labute approximate surface area is 120 Å². The summed E-state index contributed by atoms with van der Waals surface area (Å²) in [5.74, 6) is 0.435. The number of nitrogens with one attached hydrogen (secondary N) is 1. The van der Waals surface area contributed by atoms with E-state index < -0.39 is 0 Å². The first-order valence-corrected chi connectivity index (χ1v) is 7.93. The van der Waals surface area contributed by atoms with Crippen LogP contribution >= 0.6 is 0 Å². The Morgan fingerprint density at radius 1 is 1.05 bits per heavy atom. The Morgan fingerprint density at radius 3 is 2.55 bits per heavy atom. The minimum Gasteiger partial charge on any atom is -0.379 e. The third-order valence-corrected chi connectivity index (χ3v) is 4.88. The van der Waals surface area contributed by atoms with Crippen molar-refractivity contribution < 1.29 is 14.3 Å². The van der Waals surface area contributed by atoms with Crippen molar-refractivity contribution >= 4 is 11.8 Å². The molecule has 0 aromatic carbocycles. The number of ether oxygens (including phenoxy) is 1. The number of nitrogens with zero attached hydrogens (tertiary/aromatic N) is 1. The van der Waals surface area contributed by atoms with Crippen LogP contribution in [0.4, 0.5) is 0 Å². The molecule has 2 saturated heterocycles. The molecule has 5 nitrogen and oxygen atoms in total. The highest BCUT2D eigenvalue weighted by molar-refractivity contribution is 5.95. The maximum Gasteiger partial charge on any atom is 0.246 e. The van der Waals surface area contributed by atoms with E-state index in [1.54, 1.807) is 4.90 Å². The van der Waals surface area contributed by atoms with Gasteiger partial charge in [-0.2, -0.15) is 0 Å². The molecule has 2 unspecified atom stereocenters. The highest BCUT2D eigenvalue weighted by Crippen LogP contribution is 2.29. The van der Waals surface area contributed by atoms with E-state index in [0.717, 1.165) is 32.3 Å². The lowest BCUT2D eigenvalue weighted by molar-refractivity contribution is -0.151. The molecule has 2 atom stereocenters. The van der Waals surface area contributed by atoms with Gasteiger partial charge in [0.25, 0.3) is 0 Å². The van der Waals surface area contributed by atoms with Crippen molar-refractivity contribution in [2.24, 2.45) is 5.92 Å². The molecule has 20 heavy (non-hydrogen) atoms. The van der Waals surface area contributed by atoms with Gasteiger partial charge in [-0.05, 0) is 31.6 Å². The lowest BCUT2D eigenvalue weighted by Crippen LogP contribution is -2.63. The molecular weight excluding hydrogens is 256 g/mol. The largest absolute Gasteiger partial charge is 0.379 e. The van der Waals surface area contributed by atoms with E-state index in [1.165, 1.54) is 19.3 Å². The Bertz CT molecular complexity index is 341. The quantitative estimate of drug-likeness (QED) is 0.823. The lowest BCUT2D eigenvalue weighted by atomic mass is 9.82. The first-order chi connectivity index (χ1) is 9.75. The standard InChI is InChI=1S/C15H24N2O3/c18-13-9-17(12-7-4-8-20-10-12)15(19)14(16-13)11-5-2-1-3-6-11/h11-12,14H,1-10H2,(H,16,18). The summed E-state index contributed by atoms with van der Waals surface area (Å²) in [7, 11) is 0. The van der Waals surface area contributed by atoms with Crippen molar-refractivity contribution in [3.05, 3.63) is 0 Å². The molecule has 5 heteroatoms. The minimum absolute atomic E-state index is 0.00857. The molecule has 0 aromatic rings. The van der Waals surface area contributed by atoms with Gasteiger partial charge in [0.05, 0.1) is 19.2 Å². The van der Waals surface area contributed by atoms with Gasteiger partial charge in [0, 0.05) is 6.61 Å². The molecule has 2 aliphatic heterocycles. The van der Waals surface area contributed by atoms with Gasteiger partial charge in [0.2, 0.25) is 11.8 Å². The summed E-state index contributed by atoms with van der Waals surface area (Å²) >= 11 is 0. The third-order valence-electron chi connectivity index (χ3n) is 4.88. The summed E-state index contributed by atoms with van der Waals surface area (Å²) in [5.41, 5.74) is 0. The number of hydrogen-bond acceptors (Lipinski definition) is 3. The van der Waals surface area contributed by atoms with Crippen LogP contribution in [0.25, 0.3) is 0 Å². The maximum atomic E-state index is 12.7. The summed E-state index contributed by atoms with van der Waals surface area (Å²) in [6.45, 7) is 1.56. The molecule has 0 aromatic heterocycles. The summed E-state index contributed by atoms with van der Waals surface area (Å²) < 4.78 is 5.47. The Kier molecular flexibility index (Phi) is 4.24. The number of carbonyl (C=O) groups excluding carboxylic acids is 2. The van der Waals surface area contributed by atoms with Crippen LogP contribution in [0.2, 0.25) is 0 Å². The van der Waals surface area contributed by atoms with Gasteiger partial charge < -0.3 is 15.0 Å². The molecule has 0 radical (unpaired) electrons. The zero-order valence-electron chi connectivity index (χ0n) is 12.0. The molecule has 2 heterocycles. The van der Waals surface area contributed by atoms with E-state index in [4.69, 9.17) is 4.74 Å². The first kappa shape index (κ1) is 13.9. The Morgan fingerprint density at radius 2 is 1.85 bits per heavy atom. The maximum absolute atomic E-state index is 12.7. The molecule has 0 bridgehead atoms. The number of piperazine rings is 1. The van der Waals surface area contributed by atoms with Gasteiger partial charge in [0.15, 0.2) is 0 Å². The average Bonchev–Trinajstić information content (AvgIpc) is 2.51. The monoisotopic (exact) mass is 280 g/mol. The van der Waals surface area contributed by atoms with Gasteiger partial charge in [-0.15, -0.1) is 0 Å². The Hall–Kier alpha value is -1.10. The average molecular weight is 280 g/mol. The van der Waals surface area contributed by atoms with E-state index in [9.17, 15) is 9.59 Å². The van der Waals surface area contributed by atoms with Crippen LogP contribution < -0.4 is 5.32 Å². The number of hydrogen-bond donors (Lipinski definition) is 1. The fourth-order valence-corrected chi connectivity index (χ4v) is 3.76. The van der Waals surface area contributed by atoms with Gasteiger partial charge in [0.1, 0.15) is 6.04 Å². The molecule has 2 amide bonds. The van der Waals surface area contributed by atoms with Crippen molar-refractivity contribution in [3.8, 4) is 0 Å². The topological polar surface area (TPSA) is 58.6 Å². The van der Waals surface area contributed by atoms with Gasteiger partial charge >= 0.3 is 0 Å². The summed E-state index contributed by atoms with van der Waals surface area (Å²) in [6.07, 6.45) is 7.66. The van der Waals surface area contributed by atoms with Crippen LogP contribution in [-0.2, 0) is 14.3 Å². The van der Waals surface area contributed by atoms with Gasteiger partial charge in [-0.25, -0.2) is 0 Å². The van der Waals surface area contributed by atoms with Crippen LogP contribution in [-0.4, -0.2) is 48.6 Å². The van der Waals surface area contributed by atoms with E-state index >= 15 is 0 Å². The van der Waals surface area contributed by atoms with Gasteiger partial charge in [-0.1, -0.05) is 19.3 Å². The second-order valence-corrected chi connectivity index (χ2v) is 6.28. The molecule has 0 spiro atoms. The molecule has 3 rings (SSSR count). The zero-order valence-corrected chi connectivity index (χ0v) is 12.0. The van der Waals surface area contributed by atoms with Crippen molar-refractivity contribution in [2.45, 2.75) is 57.0 Å². The first-order valence-electron chi connectivity index (χ1n) is 7.93. The second-order valence-electron chi connectivity index (χ2n) is 6.28. The molecule has 1 saturated carbocycles. The van der Waals surface area contributed by atoms with E-state index in [2.05, 4.69) is 5.32 Å². The molecular formula is C15H24N2O3. The van der Waals surface area contributed by atoms with Crippen molar-refractivity contribution in [3.63, 3.8) is 0 Å². The molecule has 1 aliphatic carbocycles. The number of carbonyl (C=O) groups is 2. The van der Waals surface area contributed by atoms with Crippen molar-refractivity contribution in [2.75, 3.05) is 19.8 Å². The van der Waals surface area contributed by atoms with Gasteiger partial charge in [-0.3, -0.25) is 9.59 Å². The predicted molar refractivity (Wildman–Crippen MR) is 74.1 cm³/mol. The molecule has 1 N–H and O–H groups in total. The van der Waals surface area contributed by atoms with Crippen molar-refractivity contribution in [1.29, 1.82) is 0 Å². The van der Waals surface area contributed by atoms with E-state index in [1.807, 2.05) is 0 Å². The fourth-order valence-electron chi connectivity index (χ4n) is 3.76. The second kappa shape index (κ2) is 6.12. The minimum atomic E-state index is -0.293. The normalized spacial score (nSPS) is 33.1. The summed E-state index contributed by atoms with van der Waals surface area (Å²) in [5, 5.41) is 2.93. The Balaban J connectivity index is 1.71. The molecule has 112 valence electrons. The third kappa shape index (κ3) is 2.82. The molecule has 3 fully saturated rings. The highest BCUT2D eigenvalue weighted by atomic mass is 16.5. The SMILES string of the molecule is O=C1CN(C2CCCOC2)C(=O)C(C2CCCCC2)N1. The van der Waals surface area contributed by atoms with Crippen LogP contribution in [0.3, 0.4) is 0 Å². The number of rotatable bonds is 2. The summed E-state index contributed by atoms with van der Waals surface area (Å²) in [4.78, 5) is 26.5. The van der Waals surface area contributed by atoms with Crippen LogP contribution in [0, 0.1) is 5.92 Å². The highest BCUT2D eigenvalue weighted by Gasteiger charge is 2.41. The number of amides is 2. The zero-order chi connectivity index (χ0) is 13.9. The van der Waals surface area contributed by atoms with Crippen LogP contribution in [0.15, 0.2) is 0 Å². The smallest absolute Gasteiger partial charge is 0.246 e. The fraction of sp³-hybridized carbons (Fsp3) is 0.867. The van der Waals surface area contributed by atoms with Crippen LogP contribution in [0.5, 0.6) is 0 Å². The van der Waals surface area contributed by atoms with Crippen molar-refractivity contribution in [1.82, 2.24) is 10.2 Å². The predicted octanol–water partition coefficient (Wildman–Crippen LogP) is 1.07. The lowest BCUT2D eigenvalue weighted by Gasteiger charge is -2.42. The van der Waals surface area contributed by atoms with E-state index in [-0.39, 0.29) is 30.4 Å². The molecule has 3 aliphatic rings. The van der Waals surface area contributed by atoms with Crippen LogP contribution in [0.1, 0.15) is 44.9 Å².